The van der Waals surface area contributed by atoms with Crippen LogP contribution in [0.25, 0.3) is 0 Å². The molecule has 2 atom stereocenters. The van der Waals surface area contributed by atoms with Gasteiger partial charge in [-0.2, -0.15) is 0 Å². The minimum atomic E-state index is -1.41. The summed E-state index contributed by atoms with van der Waals surface area (Å²) in [4.78, 5) is 0. The van der Waals surface area contributed by atoms with Gasteiger partial charge in [0.2, 0.25) is 0 Å². The standard InChI is InChI=1S/C19H24O2/c1-17(2,3)19(21,16-13-9-6-10-14-16)18(4,20)15-11-7-5-8-12-15/h5-14,20-21H,1-4H3. The summed E-state index contributed by atoms with van der Waals surface area (Å²) in [6, 6.07) is 18.7. The van der Waals surface area contributed by atoms with Crippen LogP contribution in [0.15, 0.2) is 60.7 Å². The van der Waals surface area contributed by atoms with E-state index < -0.39 is 16.6 Å². The third-order valence-corrected chi connectivity index (χ3v) is 4.32. The Bertz CT molecular complexity index is 582. The molecular weight excluding hydrogens is 260 g/mol. The predicted octanol–water partition coefficient (Wildman–Crippen LogP) is 3.83. The molecule has 2 aromatic rings. The number of rotatable bonds is 3. The van der Waals surface area contributed by atoms with E-state index in [4.69, 9.17) is 0 Å². The second-order valence-corrected chi connectivity index (χ2v) is 6.76. The summed E-state index contributed by atoms with van der Waals surface area (Å²) < 4.78 is 0. The first kappa shape index (κ1) is 15.7. The average molecular weight is 284 g/mol. The van der Waals surface area contributed by atoms with E-state index in [1.807, 2.05) is 81.4 Å². The molecule has 2 unspecified atom stereocenters. The number of hydrogen-bond donors (Lipinski definition) is 2. The quantitative estimate of drug-likeness (QED) is 0.899. The Morgan fingerprint density at radius 1 is 0.619 bits per heavy atom. The van der Waals surface area contributed by atoms with E-state index in [2.05, 4.69) is 0 Å². The third-order valence-electron chi connectivity index (χ3n) is 4.32. The lowest BCUT2D eigenvalue weighted by Gasteiger charge is -2.50. The maximum absolute atomic E-state index is 11.6. The largest absolute Gasteiger partial charge is 0.382 e. The number of aliphatic hydroxyl groups is 2. The fourth-order valence-corrected chi connectivity index (χ4v) is 3.10. The van der Waals surface area contributed by atoms with E-state index in [0.29, 0.717) is 11.1 Å². The molecule has 0 bridgehead atoms. The highest BCUT2D eigenvalue weighted by molar-refractivity contribution is 5.35. The fraction of sp³-hybridized carbons (Fsp3) is 0.368. The summed E-state index contributed by atoms with van der Waals surface area (Å²) in [5.74, 6) is 0. The summed E-state index contributed by atoms with van der Waals surface area (Å²) in [6.45, 7) is 7.51. The van der Waals surface area contributed by atoms with Crippen molar-refractivity contribution in [3.63, 3.8) is 0 Å². The van der Waals surface area contributed by atoms with Crippen molar-refractivity contribution in [1.29, 1.82) is 0 Å². The maximum Gasteiger partial charge on any atom is 0.127 e. The molecule has 2 rings (SSSR count). The van der Waals surface area contributed by atoms with Crippen LogP contribution in [0.1, 0.15) is 38.8 Å². The van der Waals surface area contributed by atoms with Gasteiger partial charge in [-0.1, -0.05) is 81.4 Å². The molecule has 112 valence electrons. The van der Waals surface area contributed by atoms with Crippen LogP contribution < -0.4 is 0 Å². The molecular formula is C19H24O2. The van der Waals surface area contributed by atoms with Gasteiger partial charge in [0.15, 0.2) is 0 Å². The lowest BCUT2D eigenvalue weighted by molar-refractivity contribution is -0.210. The zero-order chi connectivity index (χ0) is 15.7. The van der Waals surface area contributed by atoms with Crippen LogP contribution in [0.3, 0.4) is 0 Å². The highest BCUT2D eigenvalue weighted by Gasteiger charge is 2.55. The zero-order valence-corrected chi connectivity index (χ0v) is 13.2. The normalized spacial score (nSPS) is 17.8. The first-order chi connectivity index (χ1) is 9.71. The van der Waals surface area contributed by atoms with Crippen LogP contribution in [0, 0.1) is 5.41 Å². The van der Waals surface area contributed by atoms with Crippen LogP contribution in [-0.2, 0) is 11.2 Å². The van der Waals surface area contributed by atoms with Gasteiger partial charge < -0.3 is 10.2 Å². The molecule has 0 aliphatic carbocycles. The Balaban J connectivity index is 2.67. The molecule has 0 radical (unpaired) electrons. The molecule has 0 saturated carbocycles. The molecule has 0 spiro atoms. The van der Waals surface area contributed by atoms with Gasteiger partial charge in [-0.3, -0.25) is 0 Å². The first-order valence-electron chi connectivity index (χ1n) is 7.27. The van der Waals surface area contributed by atoms with Gasteiger partial charge in [0.05, 0.1) is 0 Å². The van der Waals surface area contributed by atoms with Crippen molar-refractivity contribution in [2.45, 2.75) is 38.9 Å². The Labute approximate surface area is 127 Å². The Morgan fingerprint density at radius 3 is 1.38 bits per heavy atom. The second kappa shape index (κ2) is 5.28. The van der Waals surface area contributed by atoms with Crippen molar-refractivity contribution < 1.29 is 10.2 Å². The van der Waals surface area contributed by atoms with Gasteiger partial charge in [-0.25, -0.2) is 0 Å². The van der Waals surface area contributed by atoms with Gasteiger partial charge in [0.25, 0.3) is 0 Å². The summed E-state index contributed by atoms with van der Waals surface area (Å²) in [7, 11) is 0. The molecule has 2 heteroatoms. The molecule has 0 fully saturated rings. The first-order valence-corrected chi connectivity index (χ1v) is 7.27. The van der Waals surface area contributed by atoms with Gasteiger partial charge in [0, 0.05) is 0 Å². The van der Waals surface area contributed by atoms with Crippen LogP contribution in [0.2, 0.25) is 0 Å². The molecule has 2 aromatic carbocycles. The smallest absolute Gasteiger partial charge is 0.127 e. The van der Waals surface area contributed by atoms with E-state index in [0.717, 1.165) is 0 Å². The van der Waals surface area contributed by atoms with Crippen molar-refractivity contribution in [2.24, 2.45) is 5.41 Å². The molecule has 0 heterocycles. The van der Waals surface area contributed by atoms with Crippen LogP contribution >= 0.6 is 0 Å². The second-order valence-electron chi connectivity index (χ2n) is 6.76. The van der Waals surface area contributed by atoms with Gasteiger partial charge in [-0.15, -0.1) is 0 Å². The van der Waals surface area contributed by atoms with E-state index in [-0.39, 0.29) is 0 Å². The SMILES string of the molecule is CC(C)(C)C(O)(c1ccccc1)C(C)(O)c1ccccc1. The fourth-order valence-electron chi connectivity index (χ4n) is 3.10. The summed E-state index contributed by atoms with van der Waals surface area (Å²) in [5, 5.41) is 22.8. The minimum absolute atomic E-state index is 0.548. The monoisotopic (exact) mass is 284 g/mol. The van der Waals surface area contributed by atoms with Crippen molar-refractivity contribution in [1.82, 2.24) is 0 Å². The van der Waals surface area contributed by atoms with Crippen molar-refractivity contribution in [2.75, 3.05) is 0 Å². The van der Waals surface area contributed by atoms with Gasteiger partial charge in [-0.05, 0) is 23.5 Å². The van der Waals surface area contributed by atoms with Crippen molar-refractivity contribution in [3.8, 4) is 0 Å². The van der Waals surface area contributed by atoms with Gasteiger partial charge in [0.1, 0.15) is 11.2 Å². The molecule has 0 amide bonds. The number of benzene rings is 2. The van der Waals surface area contributed by atoms with E-state index in [9.17, 15) is 10.2 Å². The Kier molecular flexibility index (Phi) is 3.96. The highest BCUT2D eigenvalue weighted by Crippen LogP contribution is 2.51. The van der Waals surface area contributed by atoms with Crippen molar-refractivity contribution >= 4 is 0 Å². The highest BCUT2D eigenvalue weighted by atomic mass is 16.4. The molecule has 0 saturated heterocycles. The molecule has 2 N–H and O–H groups in total. The lowest BCUT2D eigenvalue weighted by atomic mass is 9.61. The van der Waals surface area contributed by atoms with Crippen LogP contribution in [0.5, 0.6) is 0 Å². The molecule has 0 aliphatic rings. The minimum Gasteiger partial charge on any atom is -0.382 e. The molecule has 0 aliphatic heterocycles. The number of hydrogen-bond acceptors (Lipinski definition) is 2. The topological polar surface area (TPSA) is 40.5 Å². The van der Waals surface area contributed by atoms with E-state index in [1.165, 1.54) is 0 Å². The molecule has 21 heavy (non-hydrogen) atoms. The van der Waals surface area contributed by atoms with Crippen LogP contribution in [-0.4, -0.2) is 10.2 Å². The van der Waals surface area contributed by atoms with Crippen LogP contribution in [0.4, 0.5) is 0 Å². The molecule has 0 aromatic heterocycles. The maximum atomic E-state index is 11.6. The Hall–Kier alpha value is -1.64. The third kappa shape index (κ3) is 2.50. The lowest BCUT2D eigenvalue weighted by Crippen LogP contribution is -2.55. The predicted molar refractivity (Wildman–Crippen MR) is 85.8 cm³/mol. The van der Waals surface area contributed by atoms with Gasteiger partial charge >= 0.3 is 0 Å². The summed E-state index contributed by atoms with van der Waals surface area (Å²) in [6.07, 6.45) is 0. The Morgan fingerprint density at radius 2 is 1.00 bits per heavy atom. The van der Waals surface area contributed by atoms with E-state index >= 15 is 0 Å². The van der Waals surface area contributed by atoms with Crippen molar-refractivity contribution in [3.05, 3.63) is 71.8 Å². The molecule has 2 nitrogen and oxygen atoms in total. The average Bonchev–Trinajstić information content (AvgIpc) is 2.47. The zero-order valence-electron chi connectivity index (χ0n) is 13.2. The summed E-state index contributed by atoms with van der Waals surface area (Å²) in [5.41, 5.74) is -1.96. The summed E-state index contributed by atoms with van der Waals surface area (Å²) >= 11 is 0. The van der Waals surface area contributed by atoms with E-state index in [1.54, 1.807) is 6.92 Å².